The van der Waals surface area contributed by atoms with Crippen molar-refractivity contribution in [2.75, 3.05) is 18.9 Å². The van der Waals surface area contributed by atoms with Crippen LogP contribution in [0.15, 0.2) is 36.5 Å². The zero-order chi connectivity index (χ0) is 20.1. The maximum atomic E-state index is 9.58. The van der Waals surface area contributed by atoms with Crippen molar-refractivity contribution < 1.29 is 9.84 Å². The molecule has 3 aromatic rings. The van der Waals surface area contributed by atoms with Crippen molar-refractivity contribution in [3.8, 4) is 34.2 Å². The first kappa shape index (κ1) is 19.4. The van der Waals surface area contributed by atoms with Gasteiger partial charge in [-0.25, -0.2) is 4.98 Å². The lowest BCUT2D eigenvalue weighted by atomic mass is 9.98. The Balaban J connectivity index is 2.05. The second-order valence-electron chi connectivity index (χ2n) is 6.39. The lowest BCUT2D eigenvalue weighted by Crippen LogP contribution is -2.03. The van der Waals surface area contributed by atoms with Crippen molar-refractivity contribution in [2.45, 2.75) is 26.8 Å². The lowest BCUT2D eigenvalue weighted by molar-refractivity contribution is 0.201. The highest BCUT2D eigenvalue weighted by molar-refractivity contribution is 5.80. The molecule has 0 aliphatic carbocycles. The standard InChI is InChI=1S/C21H23N5O2/c1-3-8-26-14(2)19(13-24-26)20-11-17(18(12-22)21(23)25-20)15-4-6-16(7-5-15)28-10-9-27/h4-7,11,13,27H,3,8-10H2,1-2H3,(H2,23,25). The van der Waals surface area contributed by atoms with Gasteiger partial charge in [-0.1, -0.05) is 19.1 Å². The van der Waals surface area contributed by atoms with Crippen molar-refractivity contribution in [3.63, 3.8) is 0 Å². The quantitative estimate of drug-likeness (QED) is 0.654. The summed E-state index contributed by atoms with van der Waals surface area (Å²) >= 11 is 0. The van der Waals surface area contributed by atoms with Gasteiger partial charge in [-0.15, -0.1) is 0 Å². The molecule has 144 valence electrons. The number of nitriles is 1. The summed E-state index contributed by atoms with van der Waals surface area (Å²) in [4.78, 5) is 4.44. The molecule has 2 heterocycles. The fraction of sp³-hybridized carbons (Fsp3) is 0.286. The Morgan fingerprint density at radius 1 is 1.25 bits per heavy atom. The summed E-state index contributed by atoms with van der Waals surface area (Å²) in [5.74, 6) is 0.841. The number of nitrogens with zero attached hydrogens (tertiary/aromatic N) is 4. The molecule has 7 heteroatoms. The highest BCUT2D eigenvalue weighted by Crippen LogP contribution is 2.33. The second kappa shape index (κ2) is 8.55. The fourth-order valence-electron chi connectivity index (χ4n) is 3.08. The Morgan fingerprint density at radius 2 is 2.00 bits per heavy atom. The number of ether oxygens (including phenoxy) is 1. The normalized spacial score (nSPS) is 10.6. The summed E-state index contributed by atoms with van der Waals surface area (Å²) < 4.78 is 7.34. The third-order valence-electron chi connectivity index (χ3n) is 4.50. The Labute approximate surface area is 164 Å². The molecule has 0 saturated heterocycles. The van der Waals surface area contributed by atoms with E-state index >= 15 is 0 Å². The molecule has 7 nitrogen and oxygen atoms in total. The number of pyridine rings is 1. The minimum Gasteiger partial charge on any atom is -0.491 e. The largest absolute Gasteiger partial charge is 0.491 e. The van der Waals surface area contributed by atoms with Gasteiger partial charge in [0.15, 0.2) is 0 Å². The van der Waals surface area contributed by atoms with E-state index in [2.05, 4.69) is 23.1 Å². The van der Waals surface area contributed by atoms with Crippen LogP contribution in [-0.2, 0) is 6.54 Å². The van der Waals surface area contributed by atoms with Gasteiger partial charge in [-0.05, 0) is 37.1 Å². The minimum absolute atomic E-state index is 0.0460. The van der Waals surface area contributed by atoms with Crippen molar-refractivity contribution in [3.05, 3.63) is 47.8 Å². The topological polar surface area (TPSA) is 110 Å². The molecule has 0 radical (unpaired) electrons. The average Bonchev–Trinajstić information content (AvgIpc) is 3.07. The van der Waals surface area contributed by atoms with Gasteiger partial charge >= 0.3 is 0 Å². The van der Waals surface area contributed by atoms with Crippen molar-refractivity contribution in [1.29, 1.82) is 5.26 Å². The molecule has 0 aliphatic rings. The molecule has 2 aromatic heterocycles. The average molecular weight is 377 g/mol. The third kappa shape index (κ3) is 3.82. The predicted octanol–water partition coefficient (Wildman–Crippen LogP) is 3.16. The summed E-state index contributed by atoms with van der Waals surface area (Å²) in [7, 11) is 0. The van der Waals surface area contributed by atoms with Crippen molar-refractivity contribution >= 4 is 5.82 Å². The molecule has 0 bridgehead atoms. The molecule has 3 rings (SSSR count). The van der Waals surface area contributed by atoms with Crippen LogP contribution in [0.4, 0.5) is 5.82 Å². The van der Waals surface area contributed by atoms with Crippen molar-refractivity contribution in [2.24, 2.45) is 0 Å². The maximum absolute atomic E-state index is 9.58. The number of anilines is 1. The minimum atomic E-state index is -0.0460. The Kier molecular flexibility index (Phi) is 5.92. The third-order valence-corrected chi connectivity index (χ3v) is 4.50. The first-order chi connectivity index (χ1) is 13.6. The Bertz CT molecular complexity index is 1000. The summed E-state index contributed by atoms with van der Waals surface area (Å²) in [5, 5.41) is 22.9. The summed E-state index contributed by atoms with van der Waals surface area (Å²) in [6, 6.07) is 11.3. The molecule has 0 unspecified atom stereocenters. The molecule has 0 fully saturated rings. The molecule has 3 N–H and O–H groups in total. The Morgan fingerprint density at radius 3 is 2.64 bits per heavy atom. The van der Waals surface area contributed by atoms with Crippen LogP contribution in [0.1, 0.15) is 24.6 Å². The molecule has 0 amide bonds. The van der Waals surface area contributed by atoms with Crippen molar-refractivity contribution in [1.82, 2.24) is 14.8 Å². The van der Waals surface area contributed by atoms with Gasteiger partial charge in [0.05, 0.1) is 18.5 Å². The second-order valence-corrected chi connectivity index (χ2v) is 6.39. The smallest absolute Gasteiger partial charge is 0.142 e. The molecule has 0 spiro atoms. The van der Waals surface area contributed by atoms with Crippen LogP contribution in [0.3, 0.4) is 0 Å². The van der Waals surface area contributed by atoms with E-state index in [4.69, 9.17) is 15.6 Å². The van der Waals surface area contributed by atoms with Crippen LogP contribution in [-0.4, -0.2) is 33.1 Å². The maximum Gasteiger partial charge on any atom is 0.142 e. The van der Waals surface area contributed by atoms with Gasteiger partial charge in [-0.3, -0.25) is 4.68 Å². The molecule has 28 heavy (non-hydrogen) atoms. The molecular weight excluding hydrogens is 354 g/mol. The first-order valence-corrected chi connectivity index (χ1v) is 9.16. The number of aromatic nitrogens is 3. The number of rotatable bonds is 7. The van der Waals surface area contributed by atoms with Gasteiger partial charge in [0.1, 0.15) is 29.8 Å². The zero-order valence-corrected chi connectivity index (χ0v) is 16.0. The van der Waals surface area contributed by atoms with Gasteiger partial charge in [0.2, 0.25) is 0 Å². The SMILES string of the molecule is CCCn1ncc(-c2cc(-c3ccc(OCCO)cc3)c(C#N)c(N)n2)c1C. The monoisotopic (exact) mass is 377 g/mol. The number of nitrogens with two attached hydrogens (primary N) is 1. The molecule has 0 saturated carbocycles. The lowest BCUT2D eigenvalue weighted by Gasteiger charge is -2.11. The number of aliphatic hydroxyl groups excluding tert-OH is 1. The summed E-state index contributed by atoms with van der Waals surface area (Å²) in [6.07, 6.45) is 2.77. The van der Waals surface area contributed by atoms with Crippen LogP contribution < -0.4 is 10.5 Å². The zero-order valence-electron chi connectivity index (χ0n) is 16.0. The number of hydrogen-bond donors (Lipinski definition) is 2. The fourth-order valence-corrected chi connectivity index (χ4v) is 3.08. The van der Waals surface area contributed by atoms with E-state index in [0.29, 0.717) is 22.6 Å². The van der Waals surface area contributed by atoms with Gasteiger partial charge in [0.25, 0.3) is 0 Å². The highest BCUT2D eigenvalue weighted by atomic mass is 16.5. The van der Waals surface area contributed by atoms with E-state index in [9.17, 15) is 5.26 Å². The number of benzene rings is 1. The van der Waals surface area contributed by atoms with E-state index in [-0.39, 0.29) is 19.0 Å². The summed E-state index contributed by atoms with van der Waals surface area (Å²) in [6.45, 7) is 5.12. The molecule has 0 atom stereocenters. The Hall–Kier alpha value is -3.37. The number of aliphatic hydroxyl groups is 1. The number of nitrogen functional groups attached to an aromatic ring is 1. The van der Waals surface area contributed by atoms with Crippen LogP contribution in [0, 0.1) is 18.3 Å². The van der Waals surface area contributed by atoms with Gasteiger partial charge in [-0.2, -0.15) is 10.4 Å². The molecule has 1 aromatic carbocycles. The predicted molar refractivity (Wildman–Crippen MR) is 108 cm³/mol. The van der Waals surface area contributed by atoms with Gasteiger partial charge < -0.3 is 15.6 Å². The van der Waals surface area contributed by atoms with E-state index in [1.165, 1.54) is 0 Å². The summed E-state index contributed by atoms with van der Waals surface area (Å²) in [5.41, 5.74) is 10.6. The van der Waals surface area contributed by atoms with E-state index in [0.717, 1.165) is 29.8 Å². The first-order valence-electron chi connectivity index (χ1n) is 9.16. The van der Waals surface area contributed by atoms with Crippen LogP contribution in [0.2, 0.25) is 0 Å². The molecular formula is C21H23N5O2. The highest BCUT2D eigenvalue weighted by Gasteiger charge is 2.16. The van der Waals surface area contributed by atoms with Crippen LogP contribution >= 0.6 is 0 Å². The van der Waals surface area contributed by atoms with Gasteiger partial charge in [0, 0.05) is 23.4 Å². The number of hydrogen-bond acceptors (Lipinski definition) is 6. The van der Waals surface area contributed by atoms with E-state index in [1.54, 1.807) is 18.3 Å². The number of aryl methyl sites for hydroxylation is 1. The molecule has 0 aliphatic heterocycles. The van der Waals surface area contributed by atoms with Crippen LogP contribution in [0.5, 0.6) is 5.75 Å². The van der Waals surface area contributed by atoms with E-state index in [1.807, 2.05) is 29.8 Å². The van der Waals surface area contributed by atoms with Crippen LogP contribution in [0.25, 0.3) is 22.4 Å². The van der Waals surface area contributed by atoms with E-state index < -0.39 is 0 Å².